The molecule has 1 heterocycles. The second-order valence-electron chi connectivity index (χ2n) is 14.5. The highest BCUT2D eigenvalue weighted by Crippen LogP contribution is 2.69. The van der Waals surface area contributed by atoms with Crippen LogP contribution in [0.25, 0.3) is 0 Å². The second-order valence-corrected chi connectivity index (χ2v) is 14.5. The number of carbonyl (C=O) groups excluding carboxylic acids is 1. The lowest BCUT2D eigenvalue weighted by atomic mass is 9.44. The van der Waals surface area contributed by atoms with E-state index < -0.39 is 58.0 Å². The molecular formula is C30H48O7. The summed E-state index contributed by atoms with van der Waals surface area (Å²) in [5.74, 6) is -1.35. The lowest BCUT2D eigenvalue weighted by molar-refractivity contribution is -0.203. The van der Waals surface area contributed by atoms with Crippen LogP contribution < -0.4 is 0 Å². The monoisotopic (exact) mass is 520 g/mol. The Bertz CT molecular complexity index is 975. The van der Waals surface area contributed by atoms with Crippen molar-refractivity contribution < 1.29 is 34.7 Å². The van der Waals surface area contributed by atoms with Crippen molar-refractivity contribution in [1.29, 1.82) is 0 Å². The molecule has 3 saturated carbocycles. The fraction of sp³-hybridized carbons (Fsp3) is 0.900. The Morgan fingerprint density at radius 1 is 1.03 bits per heavy atom. The van der Waals surface area contributed by atoms with Crippen LogP contribution in [0.1, 0.15) is 93.4 Å². The molecule has 0 aromatic carbocycles. The minimum atomic E-state index is -1.27. The van der Waals surface area contributed by atoms with Gasteiger partial charge in [-0.15, -0.1) is 0 Å². The van der Waals surface area contributed by atoms with E-state index in [0.29, 0.717) is 30.8 Å². The maximum Gasteiger partial charge on any atom is 0.164 e. The number of ether oxygens (including phenoxy) is 2. The Hall–Kier alpha value is -0.830. The van der Waals surface area contributed by atoms with Crippen molar-refractivity contribution in [3.05, 3.63) is 11.6 Å². The summed E-state index contributed by atoms with van der Waals surface area (Å²) in [4.78, 5) is 13.5. The lowest BCUT2D eigenvalue weighted by Gasteiger charge is -2.62. The van der Waals surface area contributed by atoms with Crippen LogP contribution in [0.5, 0.6) is 0 Å². The first-order valence-corrected chi connectivity index (χ1v) is 14.4. The number of carbonyl (C=O) groups is 1. The topological polar surface area (TPSA) is 116 Å². The van der Waals surface area contributed by atoms with E-state index >= 15 is 0 Å². The molecule has 37 heavy (non-hydrogen) atoms. The first-order chi connectivity index (χ1) is 17.0. The largest absolute Gasteiger partial charge is 0.392 e. The molecule has 4 aliphatic carbocycles. The molecule has 4 fully saturated rings. The molecule has 7 heteroatoms. The molecule has 0 aromatic rings. The van der Waals surface area contributed by atoms with Crippen molar-refractivity contribution in [3.63, 3.8) is 0 Å². The number of fused-ring (bicyclic) bond motifs is 5. The molecule has 0 spiro atoms. The Morgan fingerprint density at radius 2 is 1.70 bits per heavy atom. The van der Waals surface area contributed by atoms with Gasteiger partial charge < -0.3 is 29.9 Å². The summed E-state index contributed by atoms with van der Waals surface area (Å²) in [6, 6.07) is 0. The Morgan fingerprint density at radius 3 is 2.35 bits per heavy atom. The van der Waals surface area contributed by atoms with Crippen LogP contribution in [0.3, 0.4) is 0 Å². The standard InChI is InChI=1S/C30H48O7/c1-16(2)8-9-24-29(7,37-26(3,4)36-24)23-10-11-30(35)18-13-19(31)17-12-20(32)21(33)14-27(17,5)25(18)22(34)15-28(23,30)6/h13,16-17,20-25,32-35H,8-12,14-15H2,1-7H3/t17-,20+,21-,22+,23+,24-,25-,27-,28+,29+,30+/m0/s1. The molecule has 1 aliphatic heterocycles. The fourth-order valence-corrected chi connectivity index (χ4v) is 9.61. The third-order valence-corrected chi connectivity index (χ3v) is 11.3. The maximum atomic E-state index is 13.5. The first kappa shape index (κ1) is 27.7. The molecule has 0 aromatic heterocycles. The molecule has 1 saturated heterocycles. The van der Waals surface area contributed by atoms with Crippen molar-refractivity contribution >= 4 is 5.78 Å². The summed E-state index contributed by atoms with van der Waals surface area (Å²) in [6.07, 6.45) is 2.58. The van der Waals surface area contributed by atoms with Crippen molar-refractivity contribution in [1.82, 2.24) is 0 Å². The van der Waals surface area contributed by atoms with Gasteiger partial charge in [-0.2, -0.15) is 0 Å². The Kier molecular flexibility index (Phi) is 6.43. The average Bonchev–Trinajstić information content (AvgIpc) is 3.17. The number of aliphatic hydroxyl groups is 4. The molecule has 0 radical (unpaired) electrons. The normalized spacial score (nSPS) is 53.0. The van der Waals surface area contributed by atoms with Gasteiger partial charge in [-0.05, 0) is 94.6 Å². The van der Waals surface area contributed by atoms with E-state index in [4.69, 9.17) is 9.47 Å². The molecule has 0 bridgehead atoms. The number of hydrogen-bond acceptors (Lipinski definition) is 7. The number of hydrogen-bond donors (Lipinski definition) is 4. The van der Waals surface area contributed by atoms with Gasteiger partial charge in [0.15, 0.2) is 11.6 Å². The van der Waals surface area contributed by atoms with Crippen molar-refractivity contribution in [2.75, 3.05) is 0 Å². The van der Waals surface area contributed by atoms with E-state index in [1.807, 2.05) is 20.8 Å². The van der Waals surface area contributed by atoms with Gasteiger partial charge in [0.2, 0.25) is 0 Å². The van der Waals surface area contributed by atoms with E-state index in [-0.39, 0.29) is 30.6 Å². The zero-order chi connectivity index (χ0) is 27.3. The van der Waals surface area contributed by atoms with Gasteiger partial charge in [-0.1, -0.05) is 27.7 Å². The molecule has 11 atom stereocenters. The van der Waals surface area contributed by atoms with Gasteiger partial charge in [-0.3, -0.25) is 4.79 Å². The summed E-state index contributed by atoms with van der Waals surface area (Å²) in [6.45, 7) is 14.4. The molecule has 4 N–H and O–H groups in total. The van der Waals surface area contributed by atoms with E-state index in [0.717, 1.165) is 12.8 Å². The van der Waals surface area contributed by atoms with E-state index in [1.54, 1.807) is 6.08 Å². The Balaban J connectivity index is 1.55. The van der Waals surface area contributed by atoms with Crippen LogP contribution in [0.15, 0.2) is 11.6 Å². The van der Waals surface area contributed by atoms with Gasteiger partial charge in [0.1, 0.15) is 0 Å². The van der Waals surface area contributed by atoms with E-state index in [1.165, 1.54) is 0 Å². The minimum Gasteiger partial charge on any atom is -0.392 e. The summed E-state index contributed by atoms with van der Waals surface area (Å²) in [5.41, 5.74) is -2.76. The van der Waals surface area contributed by atoms with Gasteiger partial charge >= 0.3 is 0 Å². The summed E-state index contributed by atoms with van der Waals surface area (Å²) in [5, 5.41) is 45.2. The van der Waals surface area contributed by atoms with Gasteiger partial charge in [0, 0.05) is 17.3 Å². The highest BCUT2D eigenvalue weighted by Gasteiger charge is 2.72. The van der Waals surface area contributed by atoms with Crippen molar-refractivity contribution in [2.24, 2.45) is 34.5 Å². The predicted octanol–water partition coefficient (Wildman–Crippen LogP) is 3.51. The van der Waals surface area contributed by atoms with Crippen molar-refractivity contribution in [3.8, 4) is 0 Å². The van der Waals surface area contributed by atoms with Crippen LogP contribution in [0.4, 0.5) is 0 Å². The zero-order valence-corrected chi connectivity index (χ0v) is 23.7. The summed E-state index contributed by atoms with van der Waals surface area (Å²) in [7, 11) is 0. The predicted molar refractivity (Wildman–Crippen MR) is 138 cm³/mol. The maximum absolute atomic E-state index is 13.5. The minimum absolute atomic E-state index is 0.0835. The first-order valence-electron chi connectivity index (χ1n) is 14.4. The SMILES string of the molecule is CC(C)CC[C@@H]1OC(C)(C)O[C@]1(C)[C@@H]1CC[C@@]2(O)C3=CC(=O)[C@@H]4C[C@@H](O)[C@@H](O)C[C@]4(C)[C@@H]3[C@H](O)C[C@]12C. The van der Waals surface area contributed by atoms with Crippen molar-refractivity contribution in [2.45, 2.75) is 135 Å². The molecular weight excluding hydrogens is 472 g/mol. The van der Waals surface area contributed by atoms with Gasteiger partial charge in [0.05, 0.1) is 35.6 Å². The number of allylic oxidation sites excluding steroid dienone is 1. The second kappa shape index (κ2) is 8.58. The average molecular weight is 521 g/mol. The smallest absolute Gasteiger partial charge is 0.164 e. The molecule has 7 nitrogen and oxygen atoms in total. The molecule has 0 amide bonds. The summed E-state index contributed by atoms with van der Waals surface area (Å²) >= 11 is 0. The summed E-state index contributed by atoms with van der Waals surface area (Å²) < 4.78 is 13.1. The fourth-order valence-electron chi connectivity index (χ4n) is 9.61. The van der Waals surface area contributed by atoms with Crippen LogP contribution >= 0.6 is 0 Å². The number of ketones is 1. The third kappa shape index (κ3) is 3.86. The Labute approximate surface area is 221 Å². The highest BCUT2D eigenvalue weighted by molar-refractivity contribution is 5.95. The van der Waals surface area contributed by atoms with Crippen LogP contribution in [-0.2, 0) is 14.3 Å². The van der Waals surface area contributed by atoms with Gasteiger partial charge in [0.25, 0.3) is 0 Å². The number of rotatable bonds is 4. The molecule has 5 rings (SSSR count). The molecule has 210 valence electrons. The lowest BCUT2D eigenvalue weighted by Crippen LogP contribution is -2.66. The molecule has 5 aliphatic rings. The van der Waals surface area contributed by atoms with E-state index in [9.17, 15) is 25.2 Å². The number of aliphatic hydroxyl groups excluding tert-OH is 3. The van der Waals surface area contributed by atoms with E-state index in [2.05, 4.69) is 27.7 Å². The van der Waals surface area contributed by atoms with Crippen LogP contribution in [0, 0.1) is 34.5 Å². The highest BCUT2D eigenvalue weighted by atomic mass is 16.8. The third-order valence-electron chi connectivity index (χ3n) is 11.3. The van der Waals surface area contributed by atoms with Gasteiger partial charge in [-0.25, -0.2) is 0 Å². The quantitative estimate of drug-likeness (QED) is 0.448. The zero-order valence-electron chi connectivity index (χ0n) is 23.7. The van der Waals surface area contributed by atoms with Crippen LogP contribution in [0.2, 0.25) is 0 Å². The van der Waals surface area contributed by atoms with Crippen LogP contribution in [-0.4, -0.2) is 67.6 Å². The molecule has 0 unspecified atom stereocenters.